The van der Waals surface area contributed by atoms with Crippen LogP contribution in [0.2, 0.25) is 0 Å². The fourth-order valence-electron chi connectivity index (χ4n) is 3.57. The van der Waals surface area contributed by atoms with Crippen molar-refractivity contribution in [3.8, 4) is 0 Å². The molecule has 2 aliphatic rings. The Morgan fingerprint density at radius 2 is 1.85 bits per heavy atom. The molecule has 7 nitrogen and oxygen atoms in total. The molecule has 140 valence electrons. The average molecular weight is 360 g/mol. The second-order valence-corrected chi connectivity index (χ2v) is 6.54. The molecule has 0 aliphatic carbocycles. The van der Waals surface area contributed by atoms with Crippen molar-refractivity contribution in [2.75, 3.05) is 26.4 Å². The lowest BCUT2D eigenvalue weighted by Crippen LogP contribution is -2.59. The normalized spacial score (nSPS) is 23.7. The number of benzene rings is 1. The molecule has 0 aromatic heterocycles. The van der Waals surface area contributed by atoms with Gasteiger partial charge in [0.1, 0.15) is 6.73 Å². The van der Waals surface area contributed by atoms with E-state index >= 15 is 0 Å². The third-order valence-corrected chi connectivity index (χ3v) is 4.90. The van der Waals surface area contributed by atoms with Crippen molar-refractivity contribution in [3.63, 3.8) is 0 Å². The summed E-state index contributed by atoms with van der Waals surface area (Å²) in [5.41, 5.74) is -0.581. The highest BCUT2D eigenvalue weighted by molar-refractivity contribution is 6.19. The number of nitrogens with zero attached hydrogens (tertiary/aromatic N) is 2. The summed E-state index contributed by atoms with van der Waals surface area (Å²) in [6, 6.07) is 9.50. The highest BCUT2D eigenvalue weighted by Crippen LogP contribution is 2.34. The molecule has 0 saturated carbocycles. The minimum absolute atomic E-state index is 0.165. The number of carbonyl (C=O) groups excluding carboxylic acids is 3. The fraction of sp³-hybridized carbons (Fsp3) is 0.526. The first-order valence-corrected chi connectivity index (χ1v) is 8.98. The monoisotopic (exact) mass is 360 g/mol. The van der Waals surface area contributed by atoms with E-state index in [4.69, 9.17) is 9.47 Å². The number of hydrogen-bond acceptors (Lipinski definition) is 6. The van der Waals surface area contributed by atoms with Crippen LogP contribution in [0.5, 0.6) is 0 Å². The molecule has 7 heteroatoms. The topological polar surface area (TPSA) is 76.2 Å². The van der Waals surface area contributed by atoms with Crippen LogP contribution in [0.1, 0.15) is 31.7 Å². The fourth-order valence-corrected chi connectivity index (χ4v) is 3.57. The Kier molecular flexibility index (Phi) is 5.68. The number of carbonyl (C=O) groups is 3. The third kappa shape index (κ3) is 3.37. The van der Waals surface area contributed by atoms with Crippen molar-refractivity contribution in [3.05, 3.63) is 35.9 Å². The molecule has 0 N–H and O–H groups in total. The summed E-state index contributed by atoms with van der Waals surface area (Å²) in [5.74, 6) is -1.57. The molecular weight excluding hydrogens is 336 g/mol. The predicted octanol–water partition coefficient (Wildman–Crippen LogP) is 1.32. The Morgan fingerprint density at radius 3 is 2.50 bits per heavy atom. The van der Waals surface area contributed by atoms with E-state index in [1.54, 1.807) is 11.8 Å². The maximum absolute atomic E-state index is 13.1. The first kappa shape index (κ1) is 18.5. The van der Waals surface area contributed by atoms with E-state index in [1.165, 1.54) is 0 Å². The molecular formula is C19H24N2O5. The van der Waals surface area contributed by atoms with Gasteiger partial charge >= 0.3 is 5.97 Å². The van der Waals surface area contributed by atoms with Crippen LogP contribution in [0.4, 0.5) is 0 Å². The van der Waals surface area contributed by atoms with Gasteiger partial charge < -0.3 is 9.47 Å². The van der Waals surface area contributed by atoms with Gasteiger partial charge in [0.15, 0.2) is 0 Å². The maximum Gasteiger partial charge on any atom is 0.336 e. The lowest BCUT2D eigenvalue weighted by molar-refractivity contribution is -0.164. The third-order valence-electron chi connectivity index (χ3n) is 4.90. The summed E-state index contributed by atoms with van der Waals surface area (Å²) in [4.78, 5) is 41.0. The molecule has 1 aromatic rings. The van der Waals surface area contributed by atoms with Crippen LogP contribution >= 0.6 is 0 Å². The van der Waals surface area contributed by atoms with Gasteiger partial charge in [0.25, 0.3) is 5.91 Å². The molecule has 1 unspecified atom stereocenters. The van der Waals surface area contributed by atoms with Crippen LogP contribution in [0.3, 0.4) is 0 Å². The Bertz CT molecular complexity index is 672. The van der Waals surface area contributed by atoms with Crippen LogP contribution < -0.4 is 0 Å². The van der Waals surface area contributed by atoms with E-state index in [9.17, 15) is 14.4 Å². The largest absolute Gasteiger partial charge is 0.464 e. The molecule has 0 bridgehead atoms. The molecule has 2 fully saturated rings. The molecule has 3 rings (SSSR count). The van der Waals surface area contributed by atoms with Gasteiger partial charge in [-0.05, 0) is 38.4 Å². The zero-order valence-corrected chi connectivity index (χ0v) is 15.0. The van der Waals surface area contributed by atoms with Gasteiger partial charge in [-0.15, -0.1) is 0 Å². The van der Waals surface area contributed by atoms with Crippen molar-refractivity contribution in [2.24, 2.45) is 0 Å². The lowest BCUT2D eigenvalue weighted by atomic mass is 9.95. The van der Waals surface area contributed by atoms with Gasteiger partial charge in [-0.25, -0.2) is 4.79 Å². The van der Waals surface area contributed by atoms with Crippen molar-refractivity contribution >= 4 is 17.8 Å². The molecule has 2 saturated heterocycles. The highest BCUT2D eigenvalue weighted by Gasteiger charge is 2.61. The Labute approximate surface area is 152 Å². The van der Waals surface area contributed by atoms with Crippen LogP contribution in [0.15, 0.2) is 30.3 Å². The molecule has 26 heavy (non-hydrogen) atoms. The van der Waals surface area contributed by atoms with Gasteiger partial charge in [0.05, 0.1) is 19.6 Å². The zero-order valence-electron chi connectivity index (χ0n) is 15.0. The van der Waals surface area contributed by atoms with E-state index in [2.05, 4.69) is 0 Å². The Balaban J connectivity index is 1.73. The number of ether oxygens (including phenoxy) is 2. The van der Waals surface area contributed by atoms with Gasteiger partial charge in [-0.3, -0.25) is 19.4 Å². The van der Waals surface area contributed by atoms with Crippen molar-refractivity contribution in [2.45, 2.75) is 38.3 Å². The van der Waals surface area contributed by atoms with Crippen molar-refractivity contribution < 1.29 is 23.9 Å². The Hall–Kier alpha value is -2.25. The van der Waals surface area contributed by atoms with E-state index in [0.717, 1.165) is 23.3 Å². The molecule has 2 aliphatic heterocycles. The molecule has 1 aromatic carbocycles. The number of imide groups is 1. The predicted molar refractivity (Wildman–Crippen MR) is 92.7 cm³/mol. The first-order valence-electron chi connectivity index (χ1n) is 8.98. The molecule has 1 atom stereocenters. The van der Waals surface area contributed by atoms with Crippen LogP contribution in [-0.4, -0.2) is 59.5 Å². The number of esters is 1. The molecule has 2 amide bonds. The van der Waals surface area contributed by atoms with E-state index in [0.29, 0.717) is 13.1 Å². The highest BCUT2D eigenvalue weighted by atomic mass is 16.5. The Morgan fingerprint density at radius 1 is 1.15 bits per heavy atom. The second-order valence-electron chi connectivity index (χ2n) is 6.54. The van der Waals surface area contributed by atoms with Crippen molar-refractivity contribution in [1.82, 2.24) is 9.80 Å². The minimum atomic E-state index is -1.53. The lowest BCUT2D eigenvalue weighted by Gasteiger charge is -2.33. The van der Waals surface area contributed by atoms with Gasteiger partial charge in [-0.2, -0.15) is 0 Å². The zero-order chi connectivity index (χ0) is 18.6. The summed E-state index contributed by atoms with van der Waals surface area (Å²) < 4.78 is 10.7. The number of rotatable bonds is 7. The van der Waals surface area contributed by atoms with Gasteiger partial charge in [0, 0.05) is 0 Å². The van der Waals surface area contributed by atoms with E-state index in [-0.39, 0.29) is 26.4 Å². The van der Waals surface area contributed by atoms with Crippen molar-refractivity contribution in [1.29, 1.82) is 0 Å². The van der Waals surface area contributed by atoms with Gasteiger partial charge in [-0.1, -0.05) is 30.3 Å². The van der Waals surface area contributed by atoms with Crippen LogP contribution in [0, 0.1) is 0 Å². The summed E-state index contributed by atoms with van der Waals surface area (Å²) in [6.07, 6.45) is 1.61. The minimum Gasteiger partial charge on any atom is -0.464 e. The van der Waals surface area contributed by atoms with Crippen LogP contribution in [0.25, 0.3) is 0 Å². The second kappa shape index (κ2) is 7.97. The van der Waals surface area contributed by atoms with E-state index < -0.39 is 23.3 Å². The van der Waals surface area contributed by atoms with Gasteiger partial charge in [0.2, 0.25) is 11.4 Å². The van der Waals surface area contributed by atoms with E-state index in [1.807, 2.05) is 30.3 Å². The molecule has 0 spiro atoms. The average Bonchev–Trinajstić information content (AvgIpc) is 3.25. The molecule has 0 radical (unpaired) electrons. The smallest absolute Gasteiger partial charge is 0.336 e. The standard InChI is InChI=1S/C19H24N2O5/c1-2-26-18(24)19(20-10-6-7-11-20)12-16(22)21(17(19)23)14-25-13-15-8-4-3-5-9-15/h3-5,8-9H,2,6-7,10-14H2,1H3. The maximum atomic E-state index is 13.1. The number of hydrogen-bond donors (Lipinski definition) is 0. The quantitative estimate of drug-likeness (QED) is 0.415. The first-order chi connectivity index (χ1) is 12.6. The van der Waals surface area contributed by atoms with Crippen LogP contribution in [-0.2, 0) is 30.5 Å². The number of likely N-dealkylation sites (tertiary alicyclic amines) is 2. The summed E-state index contributed by atoms with van der Waals surface area (Å²) in [5, 5.41) is 0. The number of amides is 2. The summed E-state index contributed by atoms with van der Waals surface area (Å²) in [6.45, 7) is 3.20. The summed E-state index contributed by atoms with van der Waals surface area (Å²) >= 11 is 0. The summed E-state index contributed by atoms with van der Waals surface area (Å²) in [7, 11) is 0. The SMILES string of the molecule is CCOC(=O)C1(N2CCCC2)CC(=O)N(COCc2ccccc2)C1=O. The molecule has 2 heterocycles.